The summed E-state index contributed by atoms with van der Waals surface area (Å²) in [4.78, 5) is 0. The van der Waals surface area contributed by atoms with Gasteiger partial charge in [-0.15, -0.1) is 0 Å². The highest BCUT2D eigenvalue weighted by atomic mass is 35.5. The Balaban J connectivity index is 3.04. The van der Waals surface area contributed by atoms with Gasteiger partial charge in [-0.3, -0.25) is 4.68 Å². The maximum atomic E-state index is 10.4. The third kappa shape index (κ3) is 3.21. The van der Waals surface area contributed by atoms with Gasteiger partial charge in [-0.05, 0) is 12.3 Å². The number of aryl methyl sites for hydroxylation is 1. The van der Waals surface area contributed by atoms with Crippen molar-refractivity contribution in [1.29, 1.82) is 0 Å². The first kappa shape index (κ1) is 14.5. The highest BCUT2D eigenvalue weighted by molar-refractivity contribution is 6.31. The Hall–Kier alpha value is -0.580. The van der Waals surface area contributed by atoms with Crippen LogP contribution in [0.4, 0.5) is 0 Å². The third-order valence-electron chi connectivity index (χ3n) is 2.70. The van der Waals surface area contributed by atoms with Crippen LogP contribution in [0.1, 0.15) is 39.5 Å². The van der Waals surface area contributed by atoms with Crippen molar-refractivity contribution in [3.8, 4) is 0 Å². The van der Waals surface area contributed by atoms with E-state index in [-0.39, 0.29) is 11.5 Å². The molecule has 0 spiro atoms. The molecule has 4 nitrogen and oxygen atoms in total. The minimum absolute atomic E-state index is 0.178. The van der Waals surface area contributed by atoms with E-state index in [1.54, 1.807) is 11.7 Å². The van der Waals surface area contributed by atoms with E-state index < -0.39 is 6.10 Å². The van der Waals surface area contributed by atoms with Gasteiger partial charge in [0.05, 0.1) is 23.0 Å². The predicted molar refractivity (Wildman–Crippen MR) is 68.0 cm³/mol. The highest BCUT2D eigenvalue weighted by Crippen LogP contribution is 2.35. The molecule has 0 saturated carbocycles. The monoisotopic (exact) mass is 260 g/mol. The molecule has 0 aliphatic heterocycles. The van der Waals surface area contributed by atoms with Crippen molar-refractivity contribution in [2.75, 3.05) is 6.61 Å². The van der Waals surface area contributed by atoms with E-state index in [2.05, 4.69) is 5.10 Å². The lowest BCUT2D eigenvalue weighted by Gasteiger charge is -2.34. The first-order valence-electron chi connectivity index (χ1n) is 5.76. The Morgan fingerprint density at radius 2 is 2.12 bits per heavy atom. The van der Waals surface area contributed by atoms with Crippen LogP contribution in [0.2, 0.25) is 5.02 Å². The summed E-state index contributed by atoms with van der Waals surface area (Å²) >= 11 is 6.04. The van der Waals surface area contributed by atoms with Crippen LogP contribution in [0.5, 0.6) is 0 Å². The number of aliphatic hydroxyl groups is 1. The van der Waals surface area contributed by atoms with E-state index in [4.69, 9.17) is 16.3 Å². The van der Waals surface area contributed by atoms with Gasteiger partial charge in [0, 0.05) is 13.7 Å². The van der Waals surface area contributed by atoms with Crippen LogP contribution in [0, 0.1) is 5.41 Å². The first-order valence-corrected chi connectivity index (χ1v) is 6.14. The molecule has 2 atom stereocenters. The molecule has 5 heteroatoms. The van der Waals surface area contributed by atoms with Crippen LogP contribution >= 0.6 is 11.6 Å². The summed E-state index contributed by atoms with van der Waals surface area (Å²) in [5.41, 5.74) is 0.420. The zero-order chi connectivity index (χ0) is 13.2. The smallest absolute Gasteiger partial charge is 0.124 e. The fourth-order valence-corrected chi connectivity index (χ4v) is 2.17. The van der Waals surface area contributed by atoms with Crippen molar-refractivity contribution < 1.29 is 9.84 Å². The molecule has 1 heterocycles. The lowest BCUT2D eigenvalue weighted by molar-refractivity contribution is -0.0923. The molecule has 1 aromatic rings. The van der Waals surface area contributed by atoms with E-state index in [0.29, 0.717) is 17.3 Å². The second-order valence-electron chi connectivity index (χ2n) is 5.19. The molecular formula is C12H21ClN2O2. The number of nitrogens with zero attached hydrogens (tertiary/aromatic N) is 2. The number of aliphatic hydroxyl groups excluding tert-OH is 1. The van der Waals surface area contributed by atoms with Crippen molar-refractivity contribution in [2.45, 2.75) is 39.9 Å². The summed E-state index contributed by atoms with van der Waals surface area (Å²) in [5.74, 6) is 0. The van der Waals surface area contributed by atoms with Gasteiger partial charge in [-0.1, -0.05) is 32.4 Å². The maximum absolute atomic E-state index is 10.4. The normalized spacial score (nSPS) is 15.9. The molecule has 0 bridgehead atoms. The van der Waals surface area contributed by atoms with Crippen LogP contribution in [0.3, 0.4) is 0 Å². The summed E-state index contributed by atoms with van der Waals surface area (Å²) in [7, 11) is 1.76. The molecule has 2 unspecified atom stereocenters. The zero-order valence-electron chi connectivity index (χ0n) is 11.1. The number of ether oxygens (including phenoxy) is 1. The van der Waals surface area contributed by atoms with Gasteiger partial charge in [0.25, 0.3) is 0 Å². The van der Waals surface area contributed by atoms with Gasteiger partial charge >= 0.3 is 0 Å². The summed E-state index contributed by atoms with van der Waals surface area (Å²) in [6, 6.07) is 0. The summed E-state index contributed by atoms with van der Waals surface area (Å²) in [6.07, 6.45) is 0.432. The average molecular weight is 261 g/mol. The first-order chi connectivity index (χ1) is 7.79. The van der Waals surface area contributed by atoms with Crippen molar-refractivity contribution in [1.82, 2.24) is 9.78 Å². The molecule has 1 rings (SSSR count). The molecular weight excluding hydrogens is 240 g/mol. The predicted octanol–water partition coefficient (Wildman–Crippen LogP) is 2.56. The molecule has 0 saturated heterocycles. The average Bonchev–Trinajstić information content (AvgIpc) is 2.52. The van der Waals surface area contributed by atoms with Crippen molar-refractivity contribution >= 4 is 11.6 Å². The fourth-order valence-electron chi connectivity index (χ4n) is 1.89. The number of halogens is 1. The van der Waals surface area contributed by atoms with Crippen LogP contribution in [0.25, 0.3) is 0 Å². The van der Waals surface area contributed by atoms with Gasteiger partial charge in [-0.25, -0.2) is 0 Å². The van der Waals surface area contributed by atoms with E-state index in [9.17, 15) is 5.11 Å². The molecule has 0 aliphatic carbocycles. The molecule has 0 radical (unpaired) electrons. The van der Waals surface area contributed by atoms with Crippen molar-refractivity contribution in [3.63, 3.8) is 0 Å². The third-order valence-corrected chi connectivity index (χ3v) is 3.00. The second kappa shape index (κ2) is 5.38. The minimum Gasteiger partial charge on any atom is -0.384 e. The molecule has 98 valence electrons. The highest BCUT2D eigenvalue weighted by Gasteiger charge is 2.35. The van der Waals surface area contributed by atoms with Crippen LogP contribution in [-0.4, -0.2) is 27.6 Å². The summed E-state index contributed by atoms with van der Waals surface area (Å²) in [6.45, 7) is 8.55. The number of hydrogen-bond acceptors (Lipinski definition) is 3. The summed E-state index contributed by atoms with van der Waals surface area (Å²) < 4.78 is 7.24. The molecule has 0 aliphatic rings. The van der Waals surface area contributed by atoms with Crippen molar-refractivity contribution in [3.05, 3.63) is 16.9 Å². The van der Waals surface area contributed by atoms with E-state index >= 15 is 0 Å². The van der Waals surface area contributed by atoms with Crippen LogP contribution in [-0.2, 0) is 11.8 Å². The molecule has 1 aromatic heterocycles. The number of rotatable bonds is 4. The number of hydrogen-bond donors (Lipinski definition) is 1. The topological polar surface area (TPSA) is 47.3 Å². The van der Waals surface area contributed by atoms with E-state index in [0.717, 1.165) is 0 Å². The van der Waals surface area contributed by atoms with Gasteiger partial charge in [0.15, 0.2) is 0 Å². The Kier molecular flexibility index (Phi) is 4.58. The summed E-state index contributed by atoms with van der Waals surface area (Å²) in [5, 5.41) is 14.9. The Labute approximate surface area is 108 Å². The molecule has 17 heavy (non-hydrogen) atoms. The van der Waals surface area contributed by atoms with E-state index in [1.165, 1.54) is 6.20 Å². The van der Waals surface area contributed by atoms with Crippen molar-refractivity contribution in [2.24, 2.45) is 12.5 Å². The Bertz CT molecular complexity index is 352. The standard InChI is InChI=1S/C12H21ClN2O2/c1-6-17-11(12(2,3)4)10(16)9-8(13)7-14-15(9)5/h7,10-11,16H,6H2,1-5H3. The zero-order valence-corrected chi connectivity index (χ0v) is 11.8. The lowest BCUT2D eigenvalue weighted by atomic mass is 9.84. The lowest BCUT2D eigenvalue weighted by Crippen LogP contribution is -2.36. The van der Waals surface area contributed by atoms with Gasteiger partial charge < -0.3 is 9.84 Å². The Morgan fingerprint density at radius 1 is 1.53 bits per heavy atom. The molecule has 0 aromatic carbocycles. The fraction of sp³-hybridized carbons (Fsp3) is 0.750. The maximum Gasteiger partial charge on any atom is 0.124 e. The van der Waals surface area contributed by atoms with Gasteiger partial charge in [-0.2, -0.15) is 5.10 Å². The largest absolute Gasteiger partial charge is 0.384 e. The molecule has 1 N–H and O–H groups in total. The number of aromatic nitrogens is 2. The van der Waals surface area contributed by atoms with Gasteiger partial charge in [0.2, 0.25) is 0 Å². The van der Waals surface area contributed by atoms with Crippen LogP contribution < -0.4 is 0 Å². The second-order valence-corrected chi connectivity index (χ2v) is 5.60. The molecule has 0 fully saturated rings. The minimum atomic E-state index is -0.782. The molecule has 0 amide bonds. The van der Waals surface area contributed by atoms with Crippen LogP contribution in [0.15, 0.2) is 6.20 Å². The van der Waals surface area contributed by atoms with Gasteiger partial charge in [0.1, 0.15) is 6.10 Å². The Morgan fingerprint density at radius 3 is 2.47 bits per heavy atom. The SMILES string of the molecule is CCOC(C(O)c1c(Cl)cnn1C)C(C)(C)C. The quantitative estimate of drug-likeness (QED) is 0.905. The van der Waals surface area contributed by atoms with E-state index in [1.807, 2.05) is 27.7 Å².